The fourth-order valence-electron chi connectivity index (χ4n) is 2.46. The van der Waals surface area contributed by atoms with Gasteiger partial charge in [-0.1, -0.05) is 31.5 Å². The van der Waals surface area contributed by atoms with Crippen LogP contribution in [0.2, 0.25) is 0 Å². The molecule has 0 radical (unpaired) electrons. The van der Waals surface area contributed by atoms with Gasteiger partial charge >= 0.3 is 0 Å². The third-order valence-electron chi connectivity index (χ3n) is 3.62. The van der Waals surface area contributed by atoms with E-state index in [-0.39, 0.29) is 5.91 Å². The van der Waals surface area contributed by atoms with Gasteiger partial charge in [-0.15, -0.1) is 0 Å². The summed E-state index contributed by atoms with van der Waals surface area (Å²) in [7, 11) is 0. The van der Waals surface area contributed by atoms with E-state index in [1.807, 2.05) is 30.3 Å². The average Bonchev–Trinajstić information content (AvgIpc) is 3.19. The fourth-order valence-corrected chi connectivity index (χ4v) is 2.46. The highest BCUT2D eigenvalue weighted by Crippen LogP contribution is 2.21. The summed E-state index contributed by atoms with van der Waals surface area (Å²) in [5.41, 5.74) is 0.846. The van der Waals surface area contributed by atoms with Crippen LogP contribution < -0.4 is 0 Å². The highest BCUT2D eigenvalue weighted by Gasteiger charge is 2.19. The molecular weight excluding hydrogens is 278 g/mol. The number of nitrogens with zero attached hydrogens (tertiary/aromatic N) is 1. The molecule has 2 aromatic heterocycles. The van der Waals surface area contributed by atoms with E-state index in [0.29, 0.717) is 18.8 Å². The lowest BCUT2D eigenvalue weighted by Gasteiger charge is -2.20. The molecule has 3 rings (SSSR count). The Morgan fingerprint density at radius 1 is 1.18 bits per heavy atom. The van der Waals surface area contributed by atoms with Crippen LogP contribution in [0.5, 0.6) is 0 Å². The number of carbonyl (C=O) groups excluding carboxylic acids is 1. The highest BCUT2D eigenvalue weighted by molar-refractivity contribution is 5.91. The van der Waals surface area contributed by atoms with E-state index in [1.165, 1.54) is 6.26 Å². The minimum Gasteiger partial charge on any atom is -0.459 e. The van der Waals surface area contributed by atoms with Crippen LogP contribution in [-0.4, -0.2) is 17.4 Å². The van der Waals surface area contributed by atoms with Crippen molar-refractivity contribution in [2.24, 2.45) is 0 Å². The number of hydrogen-bond donors (Lipinski definition) is 0. The molecule has 22 heavy (non-hydrogen) atoms. The van der Waals surface area contributed by atoms with Crippen LogP contribution in [0.4, 0.5) is 0 Å². The lowest BCUT2D eigenvalue weighted by molar-refractivity contribution is 0.0697. The zero-order valence-corrected chi connectivity index (χ0v) is 12.6. The normalized spacial score (nSPS) is 11.0. The summed E-state index contributed by atoms with van der Waals surface area (Å²) < 4.78 is 11.1. The van der Waals surface area contributed by atoms with Gasteiger partial charge in [-0.05, 0) is 30.7 Å². The van der Waals surface area contributed by atoms with Gasteiger partial charge < -0.3 is 13.7 Å². The first-order valence-electron chi connectivity index (χ1n) is 7.58. The molecule has 0 saturated carbocycles. The number of hydrogen-bond acceptors (Lipinski definition) is 3. The molecule has 0 spiro atoms. The molecule has 0 fully saturated rings. The summed E-state index contributed by atoms with van der Waals surface area (Å²) in [5.74, 6) is 1.06. The van der Waals surface area contributed by atoms with Gasteiger partial charge in [0.05, 0.1) is 12.8 Å². The quantitative estimate of drug-likeness (QED) is 0.674. The van der Waals surface area contributed by atoms with Crippen molar-refractivity contribution in [2.45, 2.75) is 26.3 Å². The molecule has 0 aliphatic heterocycles. The maximum Gasteiger partial charge on any atom is 0.289 e. The Morgan fingerprint density at radius 2 is 2.05 bits per heavy atom. The fraction of sp³-hybridized carbons (Fsp3) is 0.278. The van der Waals surface area contributed by atoms with Crippen molar-refractivity contribution in [1.29, 1.82) is 0 Å². The van der Waals surface area contributed by atoms with Crippen molar-refractivity contribution in [3.8, 4) is 0 Å². The number of para-hydroxylation sites is 1. The molecule has 0 N–H and O–H groups in total. The summed E-state index contributed by atoms with van der Waals surface area (Å²) in [4.78, 5) is 14.3. The van der Waals surface area contributed by atoms with E-state index >= 15 is 0 Å². The predicted molar refractivity (Wildman–Crippen MR) is 84.6 cm³/mol. The minimum atomic E-state index is -0.0982. The number of carbonyl (C=O) groups is 1. The molecule has 0 aliphatic rings. The molecule has 1 amide bonds. The third-order valence-corrected chi connectivity index (χ3v) is 3.62. The Balaban J connectivity index is 1.81. The molecule has 0 aliphatic carbocycles. The zero-order valence-electron chi connectivity index (χ0n) is 12.6. The molecule has 4 nitrogen and oxygen atoms in total. The lowest BCUT2D eigenvalue weighted by atomic mass is 10.2. The Hall–Kier alpha value is -2.49. The molecule has 1 aromatic carbocycles. The van der Waals surface area contributed by atoms with Crippen molar-refractivity contribution in [1.82, 2.24) is 4.90 Å². The molecule has 114 valence electrons. The number of fused-ring (bicyclic) bond motifs is 1. The lowest BCUT2D eigenvalue weighted by Crippen LogP contribution is -2.31. The van der Waals surface area contributed by atoms with Gasteiger partial charge in [0.1, 0.15) is 11.3 Å². The van der Waals surface area contributed by atoms with E-state index in [9.17, 15) is 4.79 Å². The third kappa shape index (κ3) is 3.06. The number of furan rings is 2. The number of unbranched alkanes of at least 4 members (excludes halogenated alkanes) is 1. The Labute approximate surface area is 129 Å². The number of benzene rings is 1. The predicted octanol–water partition coefficient (Wildman–Crippen LogP) is 4.47. The van der Waals surface area contributed by atoms with Gasteiger partial charge in [0, 0.05) is 11.9 Å². The summed E-state index contributed by atoms with van der Waals surface area (Å²) in [6.07, 6.45) is 3.50. The standard InChI is InChI=1S/C18H19NO3/c1-2-3-10-19(18(20)17-9-6-11-21-17)13-15-12-14-7-4-5-8-16(14)22-15/h4-9,11-12H,2-3,10,13H2,1H3. The first kappa shape index (κ1) is 14.4. The Kier molecular flexibility index (Phi) is 4.28. The Bertz CT molecular complexity index is 710. The highest BCUT2D eigenvalue weighted by atomic mass is 16.3. The van der Waals surface area contributed by atoms with Crippen molar-refractivity contribution in [3.05, 3.63) is 60.2 Å². The van der Waals surface area contributed by atoms with Gasteiger partial charge in [0.2, 0.25) is 0 Å². The van der Waals surface area contributed by atoms with Gasteiger partial charge in [0.15, 0.2) is 5.76 Å². The molecule has 0 atom stereocenters. The van der Waals surface area contributed by atoms with Gasteiger partial charge in [-0.25, -0.2) is 0 Å². The number of rotatable bonds is 6. The molecule has 4 heteroatoms. The molecule has 0 unspecified atom stereocenters. The van der Waals surface area contributed by atoms with Crippen LogP contribution >= 0.6 is 0 Å². The number of amides is 1. The maximum atomic E-state index is 12.5. The van der Waals surface area contributed by atoms with E-state index in [4.69, 9.17) is 8.83 Å². The second-order valence-electron chi connectivity index (χ2n) is 5.31. The van der Waals surface area contributed by atoms with E-state index < -0.39 is 0 Å². The summed E-state index contributed by atoms with van der Waals surface area (Å²) in [5, 5.41) is 1.05. The topological polar surface area (TPSA) is 46.6 Å². The summed E-state index contributed by atoms with van der Waals surface area (Å²) in [6, 6.07) is 13.3. The zero-order chi connectivity index (χ0) is 15.4. The molecule has 3 aromatic rings. The largest absolute Gasteiger partial charge is 0.459 e. The smallest absolute Gasteiger partial charge is 0.289 e. The molecule has 0 saturated heterocycles. The van der Waals surface area contributed by atoms with Gasteiger partial charge in [0.25, 0.3) is 5.91 Å². The minimum absolute atomic E-state index is 0.0982. The maximum absolute atomic E-state index is 12.5. The van der Waals surface area contributed by atoms with Crippen LogP contribution in [0.3, 0.4) is 0 Å². The van der Waals surface area contributed by atoms with Crippen LogP contribution in [0.15, 0.2) is 57.6 Å². The van der Waals surface area contributed by atoms with E-state index in [1.54, 1.807) is 17.0 Å². The van der Waals surface area contributed by atoms with E-state index in [2.05, 4.69) is 6.92 Å². The first-order valence-corrected chi connectivity index (χ1v) is 7.58. The molecule has 2 heterocycles. The molecular formula is C18H19NO3. The van der Waals surface area contributed by atoms with Gasteiger partial charge in [-0.3, -0.25) is 4.79 Å². The second kappa shape index (κ2) is 6.52. The van der Waals surface area contributed by atoms with Crippen molar-refractivity contribution >= 4 is 16.9 Å². The SMILES string of the molecule is CCCCN(Cc1cc2ccccc2o1)C(=O)c1ccco1. The van der Waals surface area contributed by atoms with Gasteiger partial charge in [-0.2, -0.15) is 0 Å². The summed E-state index contributed by atoms with van der Waals surface area (Å²) >= 11 is 0. The average molecular weight is 297 g/mol. The monoisotopic (exact) mass is 297 g/mol. The Morgan fingerprint density at radius 3 is 2.77 bits per heavy atom. The van der Waals surface area contributed by atoms with Crippen LogP contribution in [0.1, 0.15) is 36.1 Å². The first-order chi connectivity index (χ1) is 10.8. The van der Waals surface area contributed by atoms with Crippen LogP contribution in [-0.2, 0) is 6.54 Å². The summed E-state index contributed by atoms with van der Waals surface area (Å²) in [6.45, 7) is 3.25. The van der Waals surface area contributed by atoms with Crippen molar-refractivity contribution in [3.63, 3.8) is 0 Å². The van der Waals surface area contributed by atoms with Crippen molar-refractivity contribution < 1.29 is 13.6 Å². The van der Waals surface area contributed by atoms with Crippen molar-refractivity contribution in [2.75, 3.05) is 6.54 Å². The second-order valence-corrected chi connectivity index (χ2v) is 5.31. The molecule has 0 bridgehead atoms. The van der Waals surface area contributed by atoms with E-state index in [0.717, 1.165) is 29.6 Å². The van der Waals surface area contributed by atoms with Crippen LogP contribution in [0, 0.1) is 0 Å². The van der Waals surface area contributed by atoms with Crippen LogP contribution in [0.25, 0.3) is 11.0 Å².